The van der Waals surface area contributed by atoms with Crippen LogP contribution in [0.5, 0.6) is 0 Å². The molecule has 0 aliphatic carbocycles. The van der Waals surface area contributed by atoms with Gasteiger partial charge in [-0.1, -0.05) is 30.8 Å². The second-order valence-corrected chi connectivity index (χ2v) is 8.44. The number of rotatable bonds is 6. The molecule has 1 aliphatic rings. The van der Waals surface area contributed by atoms with E-state index in [2.05, 4.69) is 67.2 Å². The molecule has 2 N–H and O–H groups in total. The molecule has 2 aromatic rings. The van der Waals surface area contributed by atoms with Gasteiger partial charge in [0.05, 0.1) is 23.0 Å². The highest BCUT2D eigenvalue weighted by molar-refractivity contribution is 7.99. The second kappa shape index (κ2) is 11.2. The Morgan fingerprint density at radius 2 is 1.71 bits per heavy atom. The van der Waals surface area contributed by atoms with E-state index in [-0.39, 0.29) is 0 Å². The van der Waals surface area contributed by atoms with Crippen LogP contribution < -0.4 is 4.90 Å². The maximum absolute atomic E-state index is 9.55. The van der Waals surface area contributed by atoms with Gasteiger partial charge < -0.3 is 20.0 Å². The predicted octanol–water partition coefficient (Wildman–Crippen LogP) is 4.07. The number of para-hydroxylation sites is 1. The monoisotopic (exact) mass is 439 g/mol. The van der Waals surface area contributed by atoms with E-state index >= 15 is 0 Å². The SMILES string of the molecule is CC(CN(C)C)CN1c2ccccc2Sc2ccc(C#N)cc21.O=C(O)C=CC(=O)O. The van der Waals surface area contributed by atoms with Gasteiger partial charge in [0.2, 0.25) is 0 Å². The third kappa shape index (κ3) is 7.17. The zero-order valence-corrected chi connectivity index (χ0v) is 18.5. The molecule has 162 valence electrons. The first-order valence-electron chi connectivity index (χ1n) is 9.58. The normalized spacial score (nSPS) is 12.9. The van der Waals surface area contributed by atoms with Gasteiger partial charge in [-0.15, -0.1) is 0 Å². The summed E-state index contributed by atoms with van der Waals surface area (Å²) in [4.78, 5) is 26.2. The standard InChI is InChI=1S/C19H21N3S.C4H4O4/c1-14(12-21(2)3)13-22-16-6-4-5-7-18(16)23-19-9-8-15(11-20)10-17(19)22;5-3(6)1-2-4(7)8/h4-10,14H,12-13H2,1-3H3;1-2H,(H,5,6)(H,7,8). The summed E-state index contributed by atoms with van der Waals surface area (Å²) in [5, 5.41) is 24.9. The molecule has 3 rings (SSSR count). The van der Waals surface area contributed by atoms with Crippen LogP contribution >= 0.6 is 11.8 Å². The molecule has 1 heterocycles. The van der Waals surface area contributed by atoms with Crippen LogP contribution in [0, 0.1) is 17.2 Å². The van der Waals surface area contributed by atoms with Gasteiger partial charge in [0.25, 0.3) is 0 Å². The molecule has 0 fully saturated rings. The van der Waals surface area contributed by atoms with Crippen molar-refractivity contribution in [2.45, 2.75) is 16.7 Å². The minimum absolute atomic E-state index is 0.528. The molecule has 0 aromatic heterocycles. The number of carbonyl (C=O) groups is 2. The van der Waals surface area contributed by atoms with Crippen molar-refractivity contribution in [3.63, 3.8) is 0 Å². The Morgan fingerprint density at radius 1 is 1.10 bits per heavy atom. The Bertz CT molecular complexity index is 998. The minimum Gasteiger partial charge on any atom is -0.478 e. The molecule has 1 atom stereocenters. The quantitative estimate of drug-likeness (QED) is 0.649. The number of aliphatic carboxylic acids is 2. The van der Waals surface area contributed by atoms with Gasteiger partial charge in [0.15, 0.2) is 0 Å². The lowest BCUT2D eigenvalue weighted by Gasteiger charge is -2.35. The summed E-state index contributed by atoms with van der Waals surface area (Å²) in [6.45, 7) is 4.26. The van der Waals surface area contributed by atoms with Gasteiger partial charge in [0.1, 0.15) is 0 Å². The summed E-state index contributed by atoms with van der Waals surface area (Å²) in [6.07, 6.45) is 1.12. The van der Waals surface area contributed by atoms with E-state index in [1.165, 1.54) is 15.5 Å². The third-order valence-electron chi connectivity index (χ3n) is 4.29. The van der Waals surface area contributed by atoms with Crippen molar-refractivity contribution >= 4 is 35.1 Å². The lowest BCUT2D eigenvalue weighted by Crippen LogP contribution is -2.31. The van der Waals surface area contributed by atoms with E-state index in [9.17, 15) is 14.9 Å². The van der Waals surface area contributed by atoms with Crippen molar-refractivity contribution in [1.29, 1.82) is 5.26 Å². The van der Waals surface area contributed by atoms with Crippen molar-refractivity contribution in [1.82, 2.24) is 4.90 Å². The zero-order chi connectivity index (χ0) is 23.0. The van der Waals surface area contributed by atoms with Crippen LogP contribution in [-0.4, -0.2) is 54.2 Å². The van der Waals surface area contributed by atoms with Crippen LogP contribution in [0.2, 0.25) is 0 Å². The van der Waals surface area contributed by atoms with Crippen LogP contribution in [0.3, 0.4) is 0 Å². The summed E-state index contributed by atoms with van der Waals surface area (Å²) in [7, 11) is 4.22. The van der Waals surface area contributed by atoms with E-state index in [0.29, 0.717) is 23.6 Å². The van der Waals surface area contributed by atoms with E-state index in [4.69, 9.17) is 10.2 Å². The fourth-order valence-electron chi connectivity index (χ4n) is 3.23. The summed E-state index contributed by atoms with van der Waals surface area (Å²) in [5.41, 5.74) is 3.11. The molecular weight excluding hydrogens is 414 g/mol. The van der Waals surface area contributed by atoms with Crippen molar-refractivity contribution in [2.24, 2.45) is 5.92 Å². The van der Waals surface area contributed by atoms with Gasteiger partial charge in [-0.2, -0.15) is 5.26 Å². The van der Waals surface area contributed by atoms with Gasteiger partial charge in [0, 0.05) is 35.0 Å². The number of anilines is 2. The molecule has 0 saturated carbocycles. The first kappa shape index (κ1) is 24.0. The molecule has 0 saturated heterocycles. The number of nitriles is 1. The van der Waals surface area contributed by atoms with Crippen molar-refractivity contribution in [3.05, 3.63) is 60.2 Å². The van der Waals surface area contributed by atoms with Gasteiger partial charge >= 0.3 is 11.9 Å². The number of fused-ring (bicyclic) bond motifs is 2. The van der Waals surface area contributed by atoms with Gasteiger partial charge in [-0.25, -0.2) is 9.59 Å². The molecule has 7 nitrogen and oxygen atoms in total. The number of carboxylic acid groups (broad SMARTS) is 2. The highest BCUT2D eigenvalue weighted by Gasteiger charge is 2.24. The third-order valence-corrected chi connectivity index (χ3v) is 5.42. The van der Waals surface area contributed by atoms with E-state index < -0.39 is 11.9 Å². The Labute approximate surface area is 186 Å². The Hall–Kier alpha value is -3.28. The lowest BCUT2D eigenvalue weighted by atomic mass is 10.1. The Balaban J connectivity index is 0.000000366. The molecule has 0 bridgehead atoms. The van der Waals surface area contributed by atoms with Crippen LogP contribution in [0.25, 0.3) is 0 Å². The maximum Gasteiger partial charge on any atom is 0.328 e. The number of benzene rings is 2. The summed E-state index contributed by atoms with van der Waals surface area (Å²) >= 11 is 1.78. The van der Waals surface area contributed by atoms with Crippen LogP contribution in [0.15, 0.2) is 64.4 Å². The number of nitrogens with zero attached hydrogens (tertiary/aromatic N) is 3. The van der Waals surface area contributed by atoms with Gasteiger partial charge in [-0.05, 0) is 50.3 Å². The molecule has 0 spiro atoms. The molecule has 2 aromatic carbocycles. The second-order valence-electron chi connectivity index (χ2n) is 7.35. The van der Waals surface area contributed by atoms with Crippen LogP contribution in [0.4, 0.5) is 11.4 Å². The summed E-state index contributed by atoms with van der Waals surface area (Å²) in [6, 6.07) is 16.8. The predicted molar refractivity (Wildman–Crippen MR) is 121 cm³/mol. The topological polar surface area (TPSA) is 105 Å². The Morgan fingerprint density at radius 3 is 2.29 bits per heavy atom. The molecule has 1 aliphatic heterocycles. The maximum atomic E-state index is 9.55. The highest BCUT2D eigenvalue weighted by Crippen LogP contribution is 2.48. The number of hydrogen-bond acceptors (Lipinski definition) is 6. The zero-order valence-electron chi connectivity index (χ0n) is 17.6. The smallest absolute Gasteiger partial charge is 0.328 e. The van der Waals surface area contributed by atoms with Crippen molar-refractivity contribution in [3.8, 4) is 6.07 Å². The summed E-state index contributed by atoms with van der Waals surface area (Å²) in [5.74, 6) is -1.99. The highest BCUT2D eigenvalue weighted by atomic mass is 32.2. The molecule has 8 heteroatoms. The average molecular weight is 440 g/mol. The molecular formula is C23H25N3O4S. The first-order valence-corrected chi connectivity index (χ1v) is 10.4. The fraction of sp³-hybridized carbons (Fsp3) is 0.261. The van der Waals surface area contributed by atoms with Crippen LogP contribution in [-0.2, 0) is 9.59 Å². The van der Waals surface area contributed by atoms with Crippen molar-refractivity contribution in [2.75, 3.05) is 32.1 Å². The van der Waals surface area contributed by atoms with E-state index in [1.54, 1.807) is 11.8 Å². The Kier molecular flexibility index (Phi) is 8.67. The van der Waals surface area contributed by atoms with E-state index in [1.807, 2.05) is 12.1 Å². The largest absolute Gasteiger partial charge is 0.478 e. The average Bonchev–Trinajstić information content (AvgIpc) is 2.71. The lowest BCUT2D eigenvalue weighted by molar-refractivity contribution is -0.134. The fourth-order valence-corrected chi connectivity index (χ4v) is 4.31. The van der Waals surface area contributed by atoms with Gasteiger partial charge in [-0.3, -0.25) is 0 Å². The molecule has 0 amide bonds. The number of carboxylic acids is 2. The summed E-state index contributed by atoms with van der Waals surface area (Å²) < 4.78 is 0. The molecule has 31 heavy (non-hydrogen) atoms. The van der Waals surface area contributed by atoms with Crippen LogP contribution in [0.1, 0.15) is 12.5 Å². The first-order chi connectivity index (χ1) is 14.7. The number of hydrogen-bond donors (Lipinski definition) is 2. The minimum atomic E-state index is -1.26. The van der Waals surface area contributed by atoms with Crippen molar-refractivity contribution < 1.29 is 19.8 Å². The molecule has 0 radical (unpaired) electrons. The molecule has 1 unspecified atom stereocenters. The van der Waals surface area contributed by atoms with E-state index in [0.717, 1.165) is 18.8 Å².